The van der Waals surface area contributed by atoms with Gasteiger partial charge in [0.05, 0.1) is 5.38 Å². The minimum atomic E-state index is -0.00694. The van der Waals surface area contributed by atoms with Crippen LogP contribution in [0.5, 0.6) is 11.5 Å². The molecule has 2 aliphatic rings. The number of ether oxygens (including phenoxy) is 2. The highest BCUT2D eigenvalue weighted by Crippen LogP contribution is 2.36. The average molecular weight is 296 g/mol. The van der Waals surface area contributed by atoms with Crippen LogP contribution in [0.15, 0.2) is 18.2 Å². The first-order chi connectivity index (χ1) is 9.65. The van der Waals surface area contributed by atoms with Gasteiger partial charge in [0.2, 0.25) is 6.79 Å². The number of hydrogen-bond acceptors (Lipinski definition) is 3. The van der Waals surface area contributed by atoms with Gasteiger partial charge in [0.25, 0.3) is 0 Å². The van der Waals surface area contributed by atoms with Crippen molar-refractivity contribution in [3.63, 3.8) is 0 Å². The SMILES string of the molecule is CC1CCCC(C)N1CC(Cl)c1ccc2c(c1)OCO2. The molecule has 1 aromatic carbocycles. The quantitative estimate of drug-likeness (QED) is 0.788. The summed E-state index contributed by atoms with van der Waals surface area (Å²) in [6.45, 7) is 5.81. The first-order valence-electron chi connectivity index (χ1n) is 7.44. The first kappa shape index (κ1) is 14.0. The van der Waals surface area contributed by atoms with Gasteiger partial charge in [-0.05, 0) is 44.4 Å². The molecule has 3 rings (SSSR count). The molecule has 4 heteroatoms. The Morgan fingerprint density at radius 3 is 2.65 bits per heavy atom. The van der Waals surface area contributed by atoms with Crippen molar-refractivity contribution in [2.24, 2.45) is 0 Å². The summed E-state index contributed by atoms with van der Waals surface area (Å²) in [6, 6.07) is 7.25. The zero-order valence-electron chi connectivity index (χ0n) is 12.1. The van der Waals surface area contributed by atoms with Gasteiger partial charge in [0.1, 0.15) is 0 Å². The number of fused-ring (bicyclic) bond motifs is 1. The van der Waals surface area contributed by atoms with E-state index in [-0.39, 0.29) is 5.38 Å². The molecule has 1 fully saturated rings. The molecule has 2 aliphatic heterocycles. The molecule has 0 N–H and O–H groups in total. The summed E-state index contributed by atoms with van der Waals surface area (Å²) in [7, 11) is 0. The Labute approximate surface area is 125 Å². The molecule has 3 nitrogen and oxygen atoms in total. The third-order valence-corrected chi connectivity index (χ3v) is 4.90. The maximum Gasteiger partial charge on any atom is 0.231 e. The summed E-state index contributed by atoms with van der Waals surface area (Å²) in [6.07, 6.45) is 3.87. The highest BCUT2D eigenvalue weighted by molar-refractivity contribution is 6.21. The fourth-order valence-electron chi connectivity index (χ4n) is 3.23. The number of alkyl halides is 1. The third-order valence-electron chi connectivity index (χ3n) is 4.51. The summed E-state index contributed by atoms with van der Waals surface area (Å²) in [5, 5.41) is -0.00694. The van der Waals surface area contributed by atoms with Crippen LogP contribution in [0.1, 0.15) is 44.1 Å². The van der Waals surface area contributed by atoms with Crippen molar-refractivity contribution in [3.8, 4) is 11.5 Å². The summed E-state index contributed by atoms with van der Waals surface area (Å²) in [5.74, 6) is 1.63. The standard InChI is InChI=1S/C16H22ClNO2/c1-11-4-3-5-12(2)18(11)9-14(17)13-6-7-15-16(8-13)20-10-19-15/h6-8,11-12,14H,3-5,9-10H2,1-2H3. The number of hydrogen-bond donors (Lipinski definition) is 0. The number of piperidine rings is 1. The molecule has 1 aromatic rings. The molecule has 0 spiro atoms. The van der Waals surface area contributed by atoms with Gasteiger partial charge in [0, 0.05) is 18.6 Å². The zero-order chi connectivity index (χ0) is 14.1. The van der Waals surface area contributed by atoms with Crippen LogP contribution < -0.4 is 9.47 Å². The van der Waals surface area contributed by atoms with E-state index >= 15 is 0 Å². The van der Waals surface area contributed by atoms with Gasteiger partial charge in [-0.15, -0.1) is 11.6 Å². The molecule has 0 amide bonds. The minimum absolute atomic E-state index is 0.00694. The van der Waals surface area contributed by atoms with Crippen LogP contribution in [0.3, 0.4) is 0 Å². The zero-order valence-corrected chi connectivity index (χ0v) is 12.9. The number of likely N-dealkylation sites (tertiary alicyclic amines) is 1. The molecule has 0 radical (unpaired) electrons. The van der Waals surface area contributed by atoms with Gasteiger partial charge in [-0.1, -0.05) is 12.5 Å². The second-order valence-electron chi connectivity index (χ2n) is 5.91. The van der Waals surface area contributed by atoms with Crippen molar-refractivity contribution in [2.45, 2.75) is 50.6 Å². The summed E-state index contributed by atoms with van der Waals surface area (Å²) in [5.41, 5.74) is 1.11. The Morgan fingerprint density at radius 1 is 1.20 bits per heavy atom. The van der Waals surface area contributed by atoms with Crippen LogP contribution in [-0.4, -0.2) is 30.3 Å². The van der Waals surface area contributed by atoms with Crippen LogP contribution in [0, 0.1) is 0 Å². The molecule has 0 aromatic heterocycles. The molecule has 3 atom stereocenters. The molecular weight excluding hydrogens is 274 g/mol. The molecule has 3 unspecified atom stereocenters. The van der Waals surface area contributed by atoms with Crippen molar-refractivity contribution in [2.75, 3.05) is 13.3 Å². The van der Waals surface area contributed by atoms with E-state index in [1.54, 1.807) is 0 Å². The number of nitrogens with zero attached hydrogens (tertiary/aromatic N) is 1. The van der Waals surface area contributed by atoms with Crippen molar-refractivity contribution >= 4 is 11.6 Å². The van der Waals surface area contributed by atoms with Crippen LogP contribution >= 0.6 is 11.6 Å². The molecule has 2 heterocycles. The maximum absolute atomic E-state index is 6.63. The molecule has 110 valence electrons. The second kappa shape index (κ2) is 5.82. The highest BCUT2D eigenvalue weighted by atomic mass is 35.5. The van der Waals surface area contributed by atoms with Crippen LogP contribution in [0.25, 0.3) is 0 Å². The van der Waals surface area contributed by atoms with Crippen LogP contribution in [0.4, 0.5) is 0 Å². The van der Waals surface area contributed by atoms with Crippen molar-refractivity contribution in [3.05, 3.63) is 23.8 Å². The highest BCUT2D eigenvalue weighted by Gasteiger charge is 2.27. The Balaban J connectivity index is 1.70. The predicted octanol–water partition coefficient (Wildman–Crippen LogP) is 3.96. The predicted molar refractivity (Wildman–Crippen MR) is 80.6 cm³/mol. The lowest BCUT2D eigenvalue weighted by atomic mass is 9.96. The van der Waals surface area contributed by atoms with E-state index < -0.39 is 0 Å². The number of benzene rings is 1. The molecular formula is C16H22ClNO2. The molecule has 0 aliphatic carbocycles. The topological polar surface area (TPSA) is 21.7 Å². The lowest BCUT2D eigenvalue weighted by molar-refractivity contribution is 0.103. The van der Waals surface area contributed by atoms with Crippen molar-refractivity contribution in [1.29, 1.82) is 0 Å². The van der Waals surface area contributed by atoms with E-state index in [1.165, 1.54) is 19.3 Å². The minimum Gasteiger partial charge on any atom is -0.454 e. The van der Waals surface area contributed by atoms with E-state index in [1.807, 2.05) is 18.2 Å². The van der Waals surface area contributed by atoms with E-state index in [2.05, 4.69) is 18.7 Å². The average Bonchev–Trinajstić information content (AvgIpc) is 2.90. The van der Waals surface area contributed by atoms with E-state index in [4.69, 9.17) is 21.1 Å². The van der Waals surface area contributed by atoms with Crippen LogP contribution in [0.2, 0.25) is 0 Å². The molecule has 0 bridgehead atoms. The van der Waals surface area contributed by atoms with Gasteiger partial charge in [-0.2, -0.15) is 0 Å². The lowest BCUT2D eigenvalue weighted by Crippen LogP contribution is -2.45. The van der Waals surface area contributed by atoms with Crippen molar-refractivity contribution in [1.82, 2.24) is 4.90 Å². The van der Waals surface area contributed by atoms with E-state index in [0.29, 0.717) is 18.9 Å². The summed E-state index contributed by atoms with van der Waals surface area (Å²) < 4.78 is 10.8. The Kier molecular flexibility index (Phi) is 4.08. The smallest absolute Gasteiger partial charge is 0.231 e. The van der Waals surface area contributed by atoms with E-state index in [0.717, 1.165) is 23.6 Å². The summed E-state index contributed by atoms with van der Waals surface area (Å²) in [4.78, 5) is 2.53. The van der Waals surface area contributed by atoms with Gasteiger partial charge < -0.3 is 9.47 Å². The number of halogens is 1. The van der Waals surface area contributed by atoms with E-state index in [9.17, 15) is 0 Å². The Bertz CT molecular complexity index is 470. The molecule has 0 saturated carbocycles. The molecule has 20 heavy (non-hydrogen) atoms. The largest absolute Gasteiger partial charge is 0.454 e. The normalized spacial score (nSPS) is 27.6. The lowest BCUT2D eigenvalue weighted by Gasteiger charge is -2.40. The van der Waals surface area contributed by atoms with Gasteiger partial charge >= 0.3 is 0 Å². The van der Waals surface area contributed by atoms with Gasteiger partial charge in [-0.3, -0.25) is 4.90 Å². The Morgan fingerprint density at radius 2 is 1.90 bits per heavy atom. The van der Waals surface area contributed by atoms with Crippen molar-refractivity contribution < 1.29 is 9.47 Å². The number of rotatable bonds is 3. The fraction of sp³-hybridized carbons (Fsp3) is 0.625. The molecule has 1 saturated heterocycles. The first-order valence-corrected chi connectivity index (χ1v) is 7.88. The monoisotopic (exact) mass is 295 g/mol. The van der Waals surface area contributed by atoms with Gasteiger partial charge in [-0.25, -0.2) is 0 Å². The third kappa shape index (κ3) is 2.75. The summed E-state index contributed by atoms with van der Waals surface area (Å²) >= 11 is 6.63. The maximum atomic E-state index is 6.63. The van der Waals surface area contributed by atoms with Gasteiger partial charge in [0.15, 0.2) is 11.5 Å². The van der Waals surface area contributed by atoms with Crippen LogP contribution in [-0.2, 0) is 0 Å². The Hall–Kier alpha value is -0.930. The fourth-order valence-corrected chi connectivity index (χ4v) is 3.53. The second-order valence-corrected chi connectivity index (χ2v) is 6.43.